The van der Waals surface area contributed by atoms with Crippen LogP contribution in [0, 0.1) is 0 Å². The maximum absolute atomic E-state index is 13.0. The number of para-hydroxylation sites is 1. The molecule has 0 saturated heterocycles. The molecule has 0 aliphatic rings. The Morgan fingerprint density at radius 3 is 2.25 bits per heavy atom. The average molecular weight is 485 g/mol. The Hall–Kier alpha value is -4.59. The van der Waals surface area contributed by atoms with Crippen molar-refractivity contribution in [3.63, 3.8) is 0 Å². The summed E-state index contributed by atoms with van der Waals surface area (Å²) in [5.41, 5.74) is 2.41. The second-order valence-corrected chi connectivity index (χ2v) is 7.91. The zero-order chi connectivity index (χ0) is 25.3. The monoisotopic (exact) mass is 484 g/mol. The number of anilines is 2. The average Bonchev–Trinajstić information content (AvgIpc) is 3.32. The second-order valence-electron chi connectivity index (χ2n) is 7.91. The lowest BCUT2D eigenvalue weighted by atomic mass is 10.1. The molecule has 0 atom stereocenters. The summed E-state index contributed by atoms with van der Waals surface area (Å²) in [6.07, 6.45) is 1.65. The normalized spacial score (nSPS) is 10.5. The number of benzene rings is 3. The molecule has 184 valence electrons. The standard InChI is InChI=1S/C28H28N4O4/c1-3-32-18-25(26(31-32)28(34)29-22-11-6-5-7-12-22)30-27(33)21-10-8-9-20(17-21)19-36-24-15-13-23(14-16-24)35-4-2/h5-18H,3-4,19H2,1-2H3,(H,29,34)(H,30,33). The van der Waals surface area contributed by atoms with E-state index in [0.717, 1.165) is 11.3 Å². The van der Waals surface area contributed by atoms with Crippen molar-refractivity contribution in [1.29, 1.82) is 0 Å². The summed E-state index contributed by atoms with van der Waals surface area (Å²) in [6.45, 7) is 5.30. The van der Waals surface area contributed by atoms with Crippen molar-refractivity contribution in [1.82, 2.24) is 9.78 Å². The number of ether oxygens (including phenoxy) is 2. The first-order valence-corrected chi connectivity index (χ1v) is 11.8. The lowest BCUT2D eigenvalue weighted by Crippen LogP contribution is -2.18. The molecule has 8 nitrogen and oxygen atoms in total. The summed E-state index contributed by atoms with van der Waals surface area (Å²) < 4.78 is 12.9. The summed E-state index contributed by atoms with van der Waals surface area (Å²) in [6, 6.07) is 23.6. The molecule has 0 aliphatic carbocycles. The van der Waals surface area contributed by atoms with E-state index in [1.165, 1.54) is 0 Å². The molecule has 0 fully saturated rings. The molecule has 1 aromatic heterocycles. The number of rotatable bonds is 10. The van der Waals surface area contributed by atoms with Gasteiger partial charge in [-0.1, -0.05) is 30.3 Å². The molecule has 3 aromatic carbocycles. The fourth-order valence-corrected chi connectivity index (χ4v) is 3.52. The first-order valence-electron chi connectivity index (χ1n) is 11.8. The Labute approximate surface area is 209 Å². The van der Waals surface area contributed by atoms with Gasteiger partial charge in [0.25, 0.3) is 11.8 Å². The molecule has 0 bridgehead atoms. The smallest absolute Gasteiger partial charge is 0.278 e. The second kappa shape index (κ2) is 11.7. The highest BCUT2D eigenvalue weighted by Gasteiger charge is 2.19. The number of hydrogen-bond donors (Lipinski definition) is 2. The fraction of sp³-hybridized carbons (Fsp3) is 0.179. The summed E-state index contributed by atoms with van der Waals surface area (Å²) in [7, 11) is 0. The van der Waals surface area contributed by atoms with Gasteiger partial charge in [-0.05, 0) is 67.9 Å². The Balaban J connectivity index is 1.43. The molecule has 2 amide bonds. The first kappa shape index (κ1) is 24.5. The van der Waals surface area contributed by atoms with E-state index in [0.29, 0.717) is 42.4 Å². The molecule has 0 radical (unpaired) electrons. The third-order valence-electron chi connectivity index (χ3n) is 5.31. The van der Waals surface area contributed by atoms with Gasteiger partial charge in [0.2, 0.25) is 0 Å². The highest BCUT2D eigenvalue weighted by Crippen LogP contribution is 2.20. The van der Waals surface area contributed by atoms with Crippen LogP contribution in [-0.4, -0.2) is 28.2 Å². The van der Waals surface area contributed by atoms with Crippen LogP contribution in [0.2, 0.25) is 0 Å². The Kier molecular flexibility index (Phi) is 7.97. The fourth-order valence-electron chi connectivity index (χ4n) is 3.52. The largest absolute Gasteiger partial charge is 0.494 e. The number of hydrogen-bond acceptors (Lipinski definition) is 5. The van der Waals surface area contributed by atoms with Gasteiger partial charge in [-0.2, -0.15) is 5.10 Å². The van der Waals surface area contributed by atoms with E-state index in [9.17, 15) is 9.59 Å². The minimum absolute atomic E-state index is 0.143. The van der Waals surface area contributed by atoms with Gasteiger partial charge in [0, 0.05) is 24.0 Å². The van der Waals surface area contributed by atoms with Crippen LogP contribution in [0.1, 0.15) is 40.3 Å². The summed E-state index contributed by atoms with van der Waals surface area (Å²) >= 11 is 0. The number of aromatic nitrogens is 2. The number of nitrogens with one attached hydrogen (secondary N) is 2. The molecule has 2 N–H and O–H groups in total. The van der Waals surface area contributed by atoms with E-state index < -0.39 is 5.91 Å². The van der Waals surface area contributed by atoms with Crippen molar-refractivity contribution in [3.8, 4) is 11.5 Å². The molecule has 0 saturated carbocycles. The van der Waals surface area contributed by atoms with Gasteiger partial charge in [0.1, 0.15) is 18.1 Å². The van der Waals surface area contributed by atoms with Gasteiger partial charge in [0.15, 0.2) is 5.69 Å². The van der Waals surface area contributed by atoms with Crippen molar-refractivity contribution >= 4 is 23.2 Å². The number of amides is 2. The van der Waals surface area contributed by atoms with E-state index in [1.807, 2.05) is 62.4 Å². The molecule has 8 heteroatoms. The zero-order valence-electron chi connectivity index (χ0n) is 20.2. The van der Waals surface area contributed by atoms with Gasteiger partial charge in [-0.3, -0.25) is 14.3 Å². The number of nitrogens with zero attached hydrogens (tertiary/aromatic N) is 2. The highest BCUT2D eigenvalue weighted by molar-refractivity contribution is 6.11. The van der Waals surface area contributed by atoms with Crippen LogP contribution in [0.3, 0.4) is 0 Å². The van der Waals surface area contributed by atoms with Crippen molar-refractivity contribution in [2.24, 2.45) is 0 Å². The summed E-state index contributed by atoms with van der Waals surface area (Å²) in [4.78, 5) is 25.9. The van der Waals surface area contributed by atoms with Gasteiger partial charge in [0.05, 0.1) is 12.3 Å². The van der Waals surface area contributed by atoms with Crippen LogP contribution in [0.5, 0.6) is 11.5 Å². The molecule has 4 aromatic rings. The zero-order valence-corrected chi connectivity index (χ0v) is 20.2. The third kappa shape index (κ3) is 6.29. The van der Waals surface area contributed by atoms with Gasteiger partial charge in [-0.15, -0.1) is 0 Å². The maximum atomic E-state index is 13.0. The number of carbonyl (C=O) groups excluding carboxylic acids is 2. The Morgan fingerprint density at radius 2 is 1.56 bits per heavy atom. The molecule has 0 unspecified atom stereocenters. The predicted molar refractivity (Wildman–Crippen MR) is 139 cm³/mol. The van der Waals surface area contributed by atoms with Crippen molar-refractivity contribution < 1.29 is 19.1 Å². The lowest BCUT2D eigenvalue weighted by Gasteiger charge is -2.10. The van der Waals surface area contributed by atoms with E-state index in [-0.39, 0.29) is 11.6 Å². The number of carbonyl (C=O) groups is 2. The molecular formula is C28H28N4O4. The minimum Gasteiger partial charge on any atom is -0.494 e. The quantitative estimate of drug-likeness (QED) is 0.315. The van der Waals surface area contributed by atoms with Gasteiger partial charge < -0.3 is 20.1 Å². The van der Waals surface area contributed by atoms with Crippen LogP contribution in [0.25, 0.3) is 0 Å². The van der Waals surface area contributed by atoms with Crippen LogP contribution < -0.4 is 20.1 Å². The summed E-state index contributed by atoms with van der Waals surface area (Å²) in [5, 5.41) is 9.97. The van der Waals surface area contributed by atoms with Crippen LogP contribution >= 0.6 is 0 Å². The van der Waals surface area contributed by atoms with Gasteiger partial charge >= 0.3 is 0 Å². The molecule has 4 rings (SSSR count). The van der Waals surface area contributed by atoms with E-state index in [4.69, 9.17) is 9.47 Å². The topological polar surface area (TPSA) is 94.5 Å². The maximum Gasteiger partial charge on any atom is 0.278 e. The Bertz CT molecular complexity index is 1320. The molecule has 36 heavy (non-hydrogen) atoms. The highest BCUT2D eigenvalue weighted by atomic mass is 16.5. The Morgan fingerprint density at radius 1 is 0.833 bits per heavy atom. The van der Waals surface area contributed by atoms with Crippen LogP contribution in [-0.2, 0) is 13.2 Å². The van der Waals surface area contributed by atoms with Crippen LogP contribution in [0.4, 0.5) is 11.4 Å². The molecule has 1 heterocycles. The van der Waals surface area contributed by atoms with Crippen molar-refractivity contribution in [2.75, 3.05) is 17.2 Å². The number of aryl methyl sites for hydroxylation is 1. The third-order valence-corrected chi connectivity index (χ3v) is 5.31. The van der Waals surface area contributed by atoms with Crippen molar-refractivity contribution in [3.05, 3.63) is 102 Å². The van der Waals surface area contributed by atoms with E-state index in [2.05, 4.69) is 15.7 Å². The molecule has 0 spiro atoms. The lowest BCUT2D eigenvalue weighted by molar-refractivity contribution is 0.102. The SMILES string of the molecule is CCOc1ccc(OCc2cccc(C(=O)Nc3cn(CC)nc3C(=O)Nc3ccccc3)c2)cc1. The molecular weight excluding hydrogens is 456 g/mol. The minimum atomic E-state index is -0.402. The van der Waals surface area contributed by atoms with Crippen molar-refractivity contribution in [2.45, 2.75) is 27.0 Å². The predicted octanol–water partition coefficient (Wildman–Crippen LogP) is 5.39. The summed E-state index contributed by atoms with van der Waals surface area (Å²) in [5.74, 6) is 0.740. The molecule has 0 aliphatic heterocycles. The first-order chi connectivity index (χ1) is 17.6. The van der Waals surface area contributed by atoms with Crippen LogP contribution in [0.15, 0.2) is 85.1 Å². The van der Waals surface area contributed by atoms with E-state index in [1.54, 1.807) is 41.2 Å². The van der Waals surface area contributed by atoms with E-state index >= 15 is 0 Å². The van der Waals surface area contributed by atoms with Gasteiger partial charge in [-0.25, -0.2) is 0 Å².